The summed E-state index contributed by atoms with van der Waals surface area (Å²) in [6.07, 6.45) is -3.51. The molecule has 2 aromatic heterocycles. The zero-order valence-corrected chi connectivity index (χ0v) is 19.3. The van der Waals surface area contributed by atoms with E-state index in [4.69, 9.17) is 27.4 Å². The lowest BCUT2D eigenvalue weighted by Gasteiger charge is -2.26. The first-order valence-electron chi connectivity index (χ1n) is 9.41. The maximum atomic E-state index is 13.2. The number of hydrogen-bond donors (Lipinski definition) is 2. The van der Waals surface area contributed by atoms with Crippen LogP contribution in [0.1, 0.15) is 32.0 Å². The molecule has 178 valence electrons. The van der Waals surface area contributed by atoms with Crippen LogP contribution in [0.3, 0.4) is 0 Å². The monoisotopic (exact) mass is 484 g/mol. The number of amidine groups is 1. The summed E-state index contributed by atoms with van der Waals surface area (Å²) in [7, 11) is 2.72. The summed E-state index contributed by atoms with van der Waals surface area (Å²) < 4.78 is 50.1. The van der Waals surface area contributed by atoms with Crippen molar-refractivity contribution in [3.05, 3.63) is 41.9 Å². The van der Waals surface area contributed by atoms with Crippen LogP contribution in [0.2, 0.25) is 0 Å². The van der Waals surface area contributed by atoms with Gasteiger partial charge in [0.05, 0.1) is 18.4 Å². The molecule has 9 nitrogen and oxygen atoms in total. The van der Waals surface area contributed by atoms with Gasteiger partial charge in [-0.3, -0.25) is 9.88 Å². The number of nitrogens with one attached hydrogen (secondary N) is 1. The maximum absolute atomic E-state index is 13.2. The lowest BCUT2D eigenvalue weighted by molar-refractivity contribution is -0.137. The van der Waals surface area contributed by atoms with Gasteiger partial charge in [-0.25, -0.2) is 14.8 Å². The molecule has 0 spiro atoms. The van der Waals surface area contributed by atoms with E-state index in [1.54, 1.807) is 26.8 Å². The topological polar surface area (TPSA) is 115 Å². The van der Waals surface area contributed by atoms with Crippen molar-refractivity contribution < 1.29 is 27.4 Å². The predicted molar refractivity (Wildman–Crippen MR) is 122 cm³/mol. The summed E-state index contributed by atoms with van der Waals surface area (Å²) >= 11 is 5.14. The Morgan fingerprint density at radius 3 is 2.48 bits per heavy atom. The van der Waals surface area contributed by atoms with Crippen molar-refractivity contribution in [2.45, 2.75) is 32.5 Å². The van der Waals surface area contributed by atoms with Gasteiger partial charge in [0.1, 0.15) is 17.0 Å². The van der Waals surface area contributed by atoms with Crippen molar-refractivity contribution in [1.29, 1.82) is 0 Å². The molecule has 0 fully saturated rings. The minimum absolute atomic E-state index is 0.0691. The lowest BCUT2D eigenvalue weighted by atomic mass is 10.2. The van der Waals surface area contributed by atoms with Gasteiger partial charge in [0.15, 0.2) is 16.8 Å². The van der Waals surface area contributed by atoms with Gasteiger partial charge in [0, 0.05) is 25.5 Å². The van der Waals surface area contributed by atoms with Crippen LogP contribution >= 0.6 is 12.2 Å². The van der Waals surface area contributed by atoms with Crippen LogP contribution in [0.5, 0.6) is 5.75 Å². The van der Waals surface area contributed by atoms with Crippen LogP contribution in [-0.4, -0.2) is 46.8 Å². The standard InChI is InChI=1S/C20H23F3N6O3S/c1-19(2,3)32-18(30)29(4)14-8-11(20(21,22)23)10-26-16(14)28-17(33)27-15(24)13-9-12(31-5)6-7-25-13/h6-10H,1-5H3,(H3,24,26,27,28,33). The third-order valence-corrected chi connectivity index (χ3v) is 4.09. The van der Waals surface area contributed by atoms with Crippen molar-refractivity contribution in [3.8, 4) is 5.75 Å². The van der Waals surface area contributed by atoms with Crippen LogP contribution in [-0.2, 0) is 10.9 Å². The number of carbonyl (C=O) groups is 1. The molecule has 0 aliphatic carbocycles. The van der Waals surface area contributed by atoms with E-state index in [9.17, 15) is 18.0 Å². The van der Waals surface area contributed by atoms with Gasteiger partial charge < -0.3 is 20.5 Å². The third-order valence-electron chi connectivity index (χ3n) is 3.90. The molecule has 0 saturated heterocycles. The molecule has 0 atom stereocenters. The second-order valence-corrected chi connectivity index (χ2v) is 8.02. The largest absolute Gasteiger partial charge is 0.497 e. The molecule has 0 aromatic carbocycles. The quantitative estimate of drug-likeness (QED) is 0.381. The number of thiocarbonyl (C=S) groups is 1. The molecule has 0 saturated carbocycles. The fraction of sp³-hybridized carbons (Fsp3) is 0.350. The molecule has 0 radical (unpaired) electrons. The van der Waals surface area contributed by atoms with Crippen LogP contribution in [0, 0.1) is 0 Å². The summed E-state index contributed by atoms with van der Waals surface area (Å²) in [6.45, 7) is 4.88. The fourth-order valence-electron chi connectivity index (χ4n) is 2.36. The van der Waals surface area contributed by atoms with E-state index < -0.39 is 23.4 Å². The fourth-order valence-corrected chi connectivity index (χ4v) is 2.56. The van der Waals surface area contributed by atoms with Gasteiger partial charge in [0.2, 0.25) is 0 Å². The van der Waals surface area contributed by atoms with Gasteiger partial charge >= 0.3 is 12.3 Å². The summed E-state index contributed by atoms with van der Waals surface area (Å²) in [5.41, 5.74) is 4.03. The number of nitrogens with zero attached hydrogens (tertiary/aromatic N) is 4. The number of rotatable bonds is 4. The molecular weight excluding hydrogens is 461 g/mol. The van der Waals surface area contributed by atoms with E-state index in [0.29, 0.717) is 11.9 Å². The number of halogens is 3. The molecule has 0 unspecified atom stereocenters. The highest BCUT2D eigenvalue weighted by Gasteiger charge is 2.33. The lowest BCUT2D eigenvalue weighted by Crippen LogP contribution is -2.35. The Labute approximate surface area is 193 Å². The first kappa shape index (κ1) is 25.8. The SMILES string of the molecule is COc1ccnc(C(N)=NC(=S)Nc2ncc(C(F)(F)F)cc2N(C)C(=O)OC(C)(C)C)c1. The third kappa shape index (κ3) is 7.27. The Hall–Kier alpha value is -3.48. The zero-order chi connectivity index (χ0) is 25.0. The molecule has 33 heavy (non-hydrogen) atoms. The summed E-state index contributed by atoms with van der Waals surface area (Å²) in [5.74, 6) is 0.263. The van der Waals surface area contributed by atoms with Crippen LogP contribution < -0.4 is 20.7 Å². The van der Waals surface area contributed by atoms with Crippen molar-refractivity contribution in [2.24, 2.45) is 10.7 Å². The number of aromatic nitrogens is 2. The first-order valence-corrected chi connectivity index (χ1v) is 9.81. The van der Waals surface area contributed by atoms with E-state index in [-0.39, 0.29) is 28.1 Å². The van der Waals surface area contributed by atoms with Gasteiger partial charge in [-0.15, -0.1) is 0 Å². The number of nitrogens with two attached hydrogens (primary N) is 1. The number of alkyl halides is 3. The van der Waals surface area contributed by atoms with Gasteiger partial charge in [-0.1, -0.05) is 0 Å². The highest BCUT2D eigenvalue weighted by atomic mass is 32.1. The number of methoxy groups -OCH3 is 1. The minimum atomic E-state index is -4.68. The Kier molecular flexibility index (Phi) is 7.80. The molecule has 0 aliphatic heterocycles. The molecule has 2 rings (SSSR count). The number of anilines is 2. The highest BCUT2D eigenvalue weighted by molar-refractivity contribution is 7.80. The number of carbonyl (C=O) groups excluding carboxylic acids is 1. The Morgan fingerprint density at radius 1 is 1.24 bits per heavy atom. The normalized spacial score (nSPS) is 12.2. The van der Waals surface area contributed by atoms with Gasteiger partial charge in [-0.2, -0.15) is 13.2 Å². The minimum Gasteiger partial charge on any atom is -0.497 e. The molecule has 3 N–H and O–H groups in total. The second kappa shape index (κ2) is 9.98. The van der Waals surface area contributed by atoms with E-state index in [0.717, 1.165) is 11.0 Å². The van der Waals surface area contributed by atoms with Crippen LogP contribution in [0.25, 0.3) is 0 Å². The molecule has 0 aliphatic rings. The number of hydrogen-bond acceptors (Lipinski definition) is 6. The molecule has 13 heteroatoms. The van der Waals surface area contributed by atoms with Gasteiger partial charge in [0.25, 0.3) is 0 Å². The summed E-state index contributed by atoms with van der Waals surface area (Å²) in [5, 5.41) is 2.37. The first-order chi connectivity index (χ1) is 15.2. The van der Waals surface area contributed by atoms with Crippen LogP contribution in [0.4, 0.5) is 29.5 Å². The number of amides is 1. The van der Waals surface area contributed by atoms with E-state index in [2.05, 4.69) is 20.3 Å². The average Bonchev–Trinajstić information content (AvgIpc) is 2.71. The Morgan fingerprint density at radius 2 is 1.91 bits per heavy atom. The Balaban J connectivity index is 2.38. The predicted octanol–water partition coefficient (Wildman–Crippen LogP) is 3.98. The molecule has 0 bridgehead atoms. The number of pyridine rings is 2. The highest BCUT2D eigenvalue weighted by Crippen LogP contribution is 2.34. The molecule has 2 heterocycles. The van der Waals surface area contributed by atoms with Crippen LogP contribution in [0.15, 0.2) is 35.6 Å². The number of ether oxygens (including phenoxy) is 2. The van der Waals surface area contributed by atoms with Crippen molar-refractivity contribution in [2.75, 3.05) is 24.4 Å². The summed E-state index contributed by atoms with van der Waals surface area (Å²) in [6, 6.07) is 3.89. The number of aliphatic imine (C=N–C) groups is 1. The molecule has 1 amide bonds. The average molecular weight is 485 g/mol. The van der Waals surface area contributed by atoms with E-state index in [1.165, 1.54) is 26.4 Å². The van der Waals surface area contributed by atoms with E-state index in [1.807, 2.05) is 0 Å². The molecular formula is C20H23F3N6O3S. The zero-order valence-electron chi connectivity index (χ0n) is 18.5. The second-order valence-electron chi connectivity index (χ2n) is 7.64. The summed E-state index contributed by atoms with van der Waals surface area (Å²) in [4.78, 5) is 25.2. The van der Waals surface area contributed by atoms with Crippen molar-refractivity contribution in [3.63, 3.8) is 0 Å². The molecule has 2 aromatic rings. The maximum Gasteiger partial charge on any atom is 0.417 e. The van der Waals surface area contributed by atoms with Crippen molar-refractivity contribution >= 4 is 40.8 Å². The van der Waals surface area contributed by atoms with Gasteiger partial charge in [-0.05, 0) is 45.1 Å². The smallest absolute Gasteiger partial charge is 0.417 e. The van der Waals surface area contributed by atoms with Crippen molar-refractivity contribution in [1.82, 2.24) is 9.97 Å². The Bertz CT molecular complexity index is 1070. The van der Waals surface area contributed by atoms with E-state index >= 15 is 0 Å².